The first-order valence-corrected chi connectivity index (χ1v) is 4.08. The maximum absolute atomic E-state index is 10.3. The van der Waals surface area contributed by atoms with Gasteiger partial charge in [0.25, 0.3) is 0 Å². The van der Waals surface area contributed by atoms with Crippen molar-refractivity contribution in [3.05, 3.63) is 14.8 Å². The molecule has 0 aliphatic heterocycles. The fourth-order valence-electron chi connectivity index (χ4n) is 0.586. The normalized spacial score (nSPS) is 9.90. The molecule has 10 heavy (non-hydrogen) atoms. The lowest BCUT2D eigenvalue weighted by Gasteiger charge is -1.87. The molecule has 1 heterocycles. The molecule has 0 fully saturated rings. The van der Waals surface area contributed by atoms with Crippen LogP contribution in [0.25, 0.3) is 0 Å². The van der Waals surface area contributed by atoms with Crippen molar-refractivity contribution >= 4 is 38.1 Å². The van der Waals surface area contributed by atoms with Crippen molar-refractivity contribution in [2.45, 2.75) is 0 Å². The number of aldehydes is 1. The number of aryl methyl sites for hydroxylation is 1. The highest BCUT2D eigenvalue weighted by Crippen LogP contribution is 2.21. The second-order valence-corrected chi connectivity index (χ2v) is 3.24. The number of carbonyl (C=O) groups excluding carboxylic acids is 1. The van der Waals surface area contributed by atoms with Crippen molar-refractivity contribution in [3.8, 4) is 0 Å². The van der Waals surface area contributed by atoms with Gasteiger partial charge in [0.15, 0.2) is 6.29 Å². The highest BCUT2D eigenvalue weighted by atomic mass is 79.9. The SMILES string of the molecule is Cn1nc(Br)c(C=O)c1Br. The van der Waals surface area contributed by atoms with Crippen LogP contribution < -0.4 is 0 Å². The van der Waals surface area contributed by atoms with Gasteiger partial charge in [0.05, 0.1) is 5.56 Å². The summed E-state index contributed by atoms with van der Waals surface area (Å²) in [5, 5.41) is 3.94. The highest BCUT2D eigenvalue weighted by Gasteiger charge is 2.09. The van der Waals surface area contributed by atoms with E-state index in [1.165, 1.54) is 0 Å². The molecule has 3 nitrogen and oxygen atoms in total. The van der Waals surface area contributed by atoms with Crippen LogP contribution in [-0.4, -0.2) is 16.1 Å². The maximum Gasteiger partial charge on any atom is 0.155 e. The van der Waals surface area contributed by atoms with E-state index in [4.69, 9.17) is 0 Å². The van der Waals surface area contributed by atoms with E-state index in [2.05, 4.69) is 37.0 Å². The largest absolute Gasteiger partial charge is 0.298 e. The minimum absolute atomic E-state index is 0.544. The Morgan fingerprint density at radius 3 is 2.40 bits per heavy atom. The van der Waals surface area contributed by atoms with Crippen LogP contribution in [0.3, 0.4) is 0 Å². The van der Waals surface area contributed by atoms with Gasteiger partial charge >= 0.3 is 0 Å². The Balaban J connectivity index is 3.33. The van der Waals surface area contributed by atoms with Gasteiger partial charge in [-0.05, 0) is 31.9 Å². The van der Waals surface area contributed by atoms with Crippen LogP contribution >= 0.6 is 31.9 Å². The molecule has 0 N–H and O–H groups in total. The van der Waals surface area contributed by atoms with Crippen LogP contribution in [-0.2, 0) is 7.05 Å². The number of aromatic nitrogens is 2. The van der Waals surface area contributed by atoms with Gasteiger partial charge in [-0.15, -0.1) is 0 Å². The predicted molar refractivity (Wildman–Crippen MR) is 44.0 cm³/mol. The molecule has 1 rings (SSSR count). The van der Waals surface area contributed by atoms with Gasteiger partial charge in [0, 0.05) is 7.05 Å². The number of hydrogen-bond donors (Lipinski definition) is 0. The summed E-state index contributed by atoms with van der Waals surface area (Å²) in [4.78, 5) is 10.3. The fraction of sp³-hybridized carbons (Fsp3) is 0.200. The first-order chi connectivity index (χ1) is 4.66. The molecule has 0 atom stereocenters. The van der Waals surface area contributed by atoms with Gasteiger partial charge in [-0.2, -0.15) is 5.10 Å². The molecule has 5 heteroatoms. The third-order valence-electron chi connectivity index (χ3n) is 1.08. The Labute approximate surface area is 74.7 Å². The van der Waals surface area contributed by atoms with Gasteiger partial charge in [0.1, 0.15) is 9.21 Å². The highest BCUT2D eigenvalue weighted by molar-refractivity contribution is 9.11. The molecule has 0 saturated heterocycles. The quantitative estimate of drug-likeness (QED) is 0.727. The molecule has 0 bridgehead atoms. The molecule has 1 aromatic heterocycles. The molecule has 0 spiro atoms. The van der Waals surface area contributed by atoms with Crippen molar-refractivity contribution in [1.29, 1.82) is 0 Å². The van der Waals surface area contributed by atoms with E-state index in [1.54, 1.807) is 11.7 Å². The zero-order valence-corrected chi connectivity index (χ0v) is 8.31. The van der Waals surface area contributed by atoms with E-state index in [1.807, 2.05) is 0 Å². The molecule has 0 aromatic carbocycles. The van der Waals surface area contributed by atoms with Crippen LogP contribution in [0.2, 0.25) is 0 Å². The maximum atomic E-state index is 10.3. The van der Waals surface area contributed by atoms with Crippen LogP contribution in [0.1, 0.15) is 10.4 Å². The Morgan fingerprint density at radius 2 is 2.20 bits per heavy atom. The monoisotopic (exact) mass is 266 g/mol. The van der Waals surface area contributed by atoms with E-state index in [9.17, 15) is 4.79 Å². The van der Waals surface area contributed by atoms with Crippen molar-refractivity contribution in [2.24, 2.45) is 7.05 Å². The summed E-state index contributed by atoms with van der Waals surface area (Å²) in [6.07, 6.45) is 0.751. The molecule has 0 aliphatic carbocycles. The minimum Gasteiger partial charge on any atom is -0.298 e. The van der Waals surface area contributed by atoms with Crippen molar-refractivity contribution in [2.75, 3.05) is 0 Å². The number of carbonyl (C=O) groups is 1. The number of halogens is 2. The number of nitrogens with zero attached hydrogens (tertiary/aromatic N) is 2. The molecule has 0 saturated carbocycles. The first kappa shape index (κ1) is 7.94. The lowest BCUT2D eigenvalue weighted by Crippen LogP contribution is -1.89. The zero-order valence-electron chi connectivity index (χ0n) is 5.14. The van der Waals surface area contributed by atoms with Crippen LogP contribution in [0.15, 0.2) is 9.21 Å². The molecule has 0 unspecified atom stereocenters. The van der Waals surface area contributed by atoms with Gasteiger partial charge in [-0.25, -0.2) is 0 Å². The predicted octanol–water partition coefficient (Wildman–Crippen LogP) is 1.76. The summed E-state index contributed by atoms with van der Waals surface area (Å²) in [5.74, 6) is 0. The smallest absolute Gasteiger partial charge is 0.155 e. The van der Waals surface area contributed by atoms with Crippen LogP contribution in [0, 0.1) is 0 Å². The number of rotatable bonds is 1. The summed E-state index contributed by atoms with van der Waals surface area (Å²) < 4.78 is 2.83. The third-order valence-corrected chi connectivity index (χ3v) is 2.61. The Kier molecular flexibility index (Phi) is 2.25. The molecular weight excluding hydrogens is 264 g/mol. The molecule has 54 valence electrons. The fourth-order valence-corrected chi connectivity index (χ4v) is 1.73. The summed E-state index contributed by atoms with van der Waals surface area (Å²) >= 11 is 6.34. The molecule has 0 aliphatic rings. The topological polar surface area (TPSA) is 34.9 Å². The molecule has 0 radical (unpaired) electrons. The van der Waals surface area contributed by atoms with E-state index in [0.29, 0.717) is 14.8 Å². The molecular formula is C5H4Br2N2O. The second kappa shape index (κ2) is 2.84. The van der Waals surface area contributed by atoms with Crippen molar-refractivity contribution in [1.82, 2.24) is 9.78 Å². The summed E-state index contributed by atoms with van der Waals surface area (Å²) in [5.41, 5.74) is 0.544. The van der Waals surface area contributed by atoms with E-state index in [-0.39, 0.29) is 0 Å². The van der Waals surface area contributed by atoms with Gasteiger partial charge in [-0.3, -0.25) is 9.48 Å². The van der Waals surface area contributed by atoms with Crippen molar-refractivity contribution in [3.63, 3.8) is 0 Å². The summed E-state index contributed by atoms with van der Waals surface area (Å²) in [7, 11) is 1.75. The standard InChI is InChI=1S/C5H4Br2N2O/c1-9-5(7)3(2-10)4(6)8-9/h2H,1H3. The average Bonchev–Trinajstić information content (AvgIpc) is 2.09. The van der Waals surface area contributed by atoms with E-state index in [0.717, 1.165) is 6.29 Å². The van der Waals surface area contributed by atoms with Crippen LogP contribution in [0.4, 0.5) is 0 Å². The molecule has 0 amide bonds. The lowest BCUT2D eigenvalue weighted by molar-refractivity contribution is 0.112. The van der Waals surface area contributed by atoms with Gasteiger partial charge < -0.3 is 0 Å². The zero-order chi connectivity index (χ0) is 7.72. The van der Waals surface area contributed by atoms with Gasteiger partial charge in [0.2, 0.25) is 0 Å². The second-order valence-electron chi connectivity index (χ2n) is 1.74. The Morgan fingerprint density at radius 1 is 1.60 bits per heavy atom. The average molecular weight is 268 g/mol. The summed E-state index contributed by atoms with van der Waals surface area (Å²) in [6, 6.07) is 0. The Hall–Kier alpha value is -0.160. The number of hydrogen-bond acceptors (Lipinski definition) is 2. The first-order valence-electron chi connectivity index (χ1n) is 2.50. The van der Waals surface area contributed by atoms with E-state index < -0.39 is 0 Å². The minimum atomic E-state index is 0.544. The van der Waals surface area contributed by atoms with E-state index >= 15 is 0 Å². The lowest BCUT2D eigenvalue weighted by atomic mass is 10.4. The molecule has 1 aromatic rings. The summed E-state index contributed by atoms with van der Waals surface area (Å²) in [6.45, 7) is 0. The van der Waals surface area contributed by atoms with Gasteiger partial charge in [-0.1, -0.05) is 0 Å². The van der Waals surface area contributed by atoms with Crippen molar-refractivity contribution < 1.29 is 4.79 Å². The van der Waals surface area contributed by atoms with Crippen LogP contribution in [0.5, 0.6) is 0 Å². The third kappa shape index (κ3) is 1.15. The Bertz CT molecular complexity index is 269.